The predicted molar refractivity (Wildman–Crippen MR) is 98.1 cm³/mol. The average Bonchev–Trinajstić information content (AvgIpc) is 3.15. The van der Waals surface area contributed by atoms with Crippen LogP contribution in [0.3, 0.4) is 0 Å². The third kappa shape index (κ3) is 2.53. The molecule has 0 aliphatic rings. The normalized spacial score (nSPS) is 11.6. The van der Waals surface area contributed by atoms with Gasteiger partial charge < -0.3 is 4.98 Å². The molecule has 118 valence electrons. The van der Waals surface area contributed by atoms with Gasteiger partial charge in [-0.25, -0.2) is 4.57 Å². The Morgan fingerprint density at radius 2 is 1.71 bits per heavy atom. The van der Waals surface area contributed by atoms with E-state index in [1.807, 2.05) is 41.9 Å². The van der Waals surface area contributed by atoms with Crippen LogP contribution in [0.5, 0.6) is 0 Å². The summed E-state index contributed by atoms with van der Waals surface area (Å²) in [6.07, 6.45) is 0. The second-order valence-electron chi connectivity index (χ2n) is 5.68. The fourth-order valence-corrected chi connectivity index (χ4v) is 3.50. The molecule has 0 bridgehead atoms. The first-order valence-corrected chi connectivity index (χ1v) is 8.64. The summed E-state index contributed by atoms with van der Waals surface area (Å²) in [7, 11) is 2.01. The smallest absolute Gasteiger partial charge is 0.353 e. The highest BCUT2D eigenvalue weighted by atomic mass is 32.1. The Labute approximate surface area is 144 Å². The van der Waals surface area contributed by atoms with Crippen LogP contribution in [0, 0.1) is 6.92 Å². The van der Waals surface area contributed by atoms with Crippen LogP contribution in [-0.2, 0) is 7.05 Å². The van der Waals surface area contributed by atoms with E-state index in [9.17, 15) is 0 Å². The van der Waals surface area contributed by atoms with Gasteiger partial charge in [0.25, 0.3) is 0 Å². The predicted octanol–water partition coefficient (Wildman–Crippen LogP) is 5.44. The Balaban J connectivity index is 1.88. The summed E-state index contributed by atoms with van der Waals surface area (Å²) in [5, 5.41) is 13.1. The quantitative estimate of drug-likeness (QED) is 0.383. The van der Waals surface area contributed by atoms with Gasteiger partial charge in [0.1, 0.15) is 11.4 Å². The van der Waals surface area contributed by atoms with Crippen molar-refractivity contribution in [1.29, 1.82) is 0 Å². The lowest BCUT2D eigenvalue weighted by molar-refractivity contribution is -0.660. The van der Waals surface area contributed by atoms with Gasteiger partial charge in [0.15, 0.2) is 0 Å². The van der Waals surface area contributed by atoms with Crippen molar-refractivity contribution in [3.8, 4) is 11.3 Å². The molecular weight excluding hydrogens is 316 g/mol. The number of azo groups is 1. The van der Waals surface area contributed by atoms with E-state index >= 15 is 0 Å². The molecule has 0 radical (unpaired) electrons. The Bertz CT molecular complexity index is 1030. The molecule has 5 heteroatoms. The van der Waals surface area contributed by atoms with E-state index in [0.717, 1.165) is 33.0 Å². The number of nitrogens with zero attached hydrogens (tertiary/aromatic N) is 3. The van der Waals surface area contributed by atoms with Crippen LogP contribution in [0.2, 0.25) is 0 Å². The molecule has 0 aliphatic heterocycles. The number of hydrogen-bond donors (Lipinski definition) is 1. The number of fused-ring (bicyclic) bond motifs is 1. The fraction of sp³-hybridized carbons (Fsp3) is 0.105. The minimum absolute atomic E-state index is 0.878. The average molecular weight is 333 g/mol. The molecule has 2 aromatic heterocycles. The molecular formula is C19H17N4S+. The SMILES string of the molecule is Cc1csc(/N=N/c2c(-c3ccccc3)[nH]c3ccccc23)[n+]1C. The van der Waals surface area contributed by atoms with Crippen molar-refractivity contribution in [2.75, 3.05) is 0 Å². The first kappa shape index (κ1) is 14.8. The van der Waals surface area contributed by atoms with E-state index in [0.29, 0.717) is 0 Å². The van der Waals surface area contributed by atoms with Crippen molar-refractivity contribution in [3.63, 3.8) is 0 Å². The van der Waals surface area contributed by atoms with Crippen molar-refractivity contribution >= 4 is 33.1 Å². The number of H-pyrrole nitrogens is 1. The number of para-hydroxylation sites is 1. The molecule has 0 saturated carbocycles. The number of nitrogens with one attached hydrogen (secondary N) is 1. The third-order valence-electron chi connectivity index (χ3n) is 4.13. The molecule has 1 N–H and O–H groups in total. The maximum Gasteiger partial charge on any atom is 0.408 e. The Hall–Kier alpha value is -2.79. The van der Waals surface area contributed by atoms with Crippen LogP contribution in [0.15, 0.2) is 70.2 Å². The Kier molecular flexibility index (Phi) is 3.70. The first-order chi connectivity index (χ1) is 11.7. The van der Waals surface area contributed by atoms with Gasteiger partial charge in [0.2, 0.25) is 0 Å². The monoisotopic (exact) mass is 333 g/mol. The summed E-state index contributed by atoms with van der Waals surface area (Å²) < 4.78 is 2.05. The van der Waals surface area contributed by atoms with Crippen molar-refractivity contribution in [1.82, 2.24) is 4.98 Å². The van der Waals surface area contributed by atoms with Gasteiger partial charge >= 0.3 is 5.13 Å². The molecule has 0 unspecified atom stereocenters. The zero-order chi connectivity index (χ0) is 16.5. The van der Waals surface area contributed by atoms with E-state index in [-0.39, 0.29) is 0 Å². The number of benzene rings is 2. The third-order valence-corrected chi connectivity index (χ3v) is 5.15. The summed E-state index contributed by atoms with van der Waals surface area (Å²) >= 11 is 1.60. The topological polar surface area (TPSA) is 44.4 Å². The second-order valence-corrected chi connectivity index (χ2v) is 6.52. The molecule has 4 aromatic rings. The Morgan fingerprint density at radius 3 is 2.46 bits per heavy atom. The summed E-state index contributed by atoms with van der Waals surface area (Å²) in [6, 6.07) is 18.4. The molecule has 24 heavy (non-hydrogen) atoms. The van der Waals surface area contributed by atoms with Crippen LogP contribution >= 0.6 is 11.3 Å². The fourth-order valence-electron chi connectivity index (χ4n) is 2.68. The van der Waals surface area contributed by atoms with Crippen LogP contribution in [0.4, 0.5) is 10.8 Å². The number of aromatic nitrogens is 2. The minimum atomic E-state index is 0.878. The van der Waals surface area contributed by atoms with Crippen molar-refractivity contribution in [2.24, 2.45) is 17.3 Å². The van der Waals surface area contributed by atoms with Crippen molar-refractivity contribution in [3.05, 3.63) is 65.7 Å². The zero-order valence-corrected chi connectivity index (χ0v) is 14.3. The standard InChI is InChI=1S/C19H16N4S/c1-13-12-24-19(23(13)2)22-21-18-15-10-6-7-11-16(15)20-17(18)14-8-4-3-5-9-14/h3-12H,1-2H3/p+1. The zero-order valence-electron chi connectivity index (χ0n) is 13.5. The molecule has 0 fully saturated rings. The summed E-state index contributed by atoms with van der Waals surface area (Å²) in [4.78, 5) is 3.48. The van der Waals surface area contributed by atoms with Crippen LogP contribution < -0.4 is 4.57 Å². The highest BCUT2D eigenvalue weighted by molar-refractivity contribution is 7.12. The van der Waals surface area contributed by atoms with Gasteiger partial charge in [0.05, 0.1) is 17.9 Å². The lowest BCUT2D eigenvalue weighted by Crippen LogP contribution is -2.28. The number of hydrogen-bond acceptors (Lipinski definition) is 3. The molecule has 0 atom stereocenters. The second kappa shape index (κ2) is 6.02. The number of aryl methyl sites for hydroxylation is 1. The van der Waals surface area contributed by atoms with Crippen LogP contribution in [0.25, 0.3) is 22.2 Å². The van der Waals surface area contributed by atoms with Gasteiger partial charge in [0, 0.05) is 21.8 Å². The highest BCUT2D eigenvalue weighted by Crippen LogP contribution is 2.38. The molecule has 0 saturated heterocycles. The molecule has 0 spiro atoms. The Morgan fingerprint density at radius 1 is 0.958 bits per heavy atom. The van der Waals surface area contributed by atoms with E-state index in [2.05, 4.69) is 51.8 Å². The van der Waals surface area contributed by atoms with Gasteiger partial charge in [-0.3, -0.25) is 0 Å². The van der Waals surface area contributed by atoms with Crippen molar-refractivity contribution < 1.29 is 4.57 Å². The number of aromatic amines is 1. The van der Waals surface area contributed by atoms with Gasteiger partial charge in [-0.2, -0.15) is 0 Å². The van der Waals surface area contributed by atoms with Gasteiger partial charge in [-0.15, -0.1) is 0 Å². The van der Waals surface area contributed by atoms with E-state index in [1.54, 1.807) is 11.3 Å². The molecule has 4 nitrogen and oxygen atoms in total. The summed E-state index contributed by atoms with van der Waals surface area (Å²) in [5.74, 6) is 0. The molecule has 0 amide bonds. The maximum atomic E-state index is 4.60. The molecule has 0 aliphatic carbocycles. The number of thiazole rings is 1. The van der Waals surface area contributed by atoms with Crippen molar-refractivity contribution in [2.45, 2.75) is 6.92 Å². The first-order valence-electron chi connectivity index (χ1n) is 7.76. The minimum Gasteiger partial charge on any atom is -0.353 e. The van der Waals surface area contributed by atoms with Gasteiger partial charge in [-0.05, 0) is 29.4 Å². The lowest BCUT2D eigenvalue weighted by atomic mass is 10.1. The van der Waals surface area contributed by atoms with Crippen LogP contribution in [0.1, 0.15) is 5.69 Å². The summed E-state index contributed by atoms with van der Waals surface area (Å²) in [5.41, 5.74) is 5.22. The van der Waals surface area contributed by atoms with E-state index < -0.39 is 0 Å². The lowest BCUT2D eigenvalue weighted by Gasteiger charge is -1.97. The molecule has 4 rings (SSSR count). The summed E-state index contributed by atoms with van der Waals surface area (Å²) in [6.45, 7) is 2.07. The molecule has 2 aromatic carbocycles. The maximum absolute atomic E-state index is 4.60. The van der Waals surface area contributed by atoms with E-state index in [1.165, 1.54) is 5.69 Å². The van der Waals surface area contributed by atoms with Crippen LogP contribution in [-0.4, -0.2) is 4.98 Å². The highest BCUT2D eigenvalue weighted by Gasteiger charge is 2.16. The van der Waals surface area contributed by atoms with Gasteiger partial charge in [-0.1, -0.05) is 48.5 Å². The molecule has 2 heterocycles. The largest absolute Gasteiger partial charge is 0.408 e. The van der Waals surface area contributed by atoms with E-state index in [4.69, 9.17) is 0 Å². The number of rotatable bonds is 3.